The van der Waals surface area contributed by atoms with Gasteiger partial charge in [-0.25, -0.2) is 4.90 Å². The fraction of sp³-hybridized carbons (Fsp3) is 0.192. The van der Waals surface area contributed by atoms with Gasteiger partial charge in [0, 0.05) is 5.69 Å². The Morgan fingerprint density at radius 1 is 0.939 bits per heavy atom. The molecule has 3 aromatic rings. The van der Waals surface area contributed by atoms with Gasteiger partial charge >= 0.3 is 0 Å². The van der Waals surface area contributed by atoms with Gasteiger partial charge in [0.15, 0.2) is 0 Å². The zero-order chi connectivity index (χ0) is 22.9. The van der Waals surface area contributed by atoms with E-state index in [1.807, 2.05) is 36.4 Å². The van der Waals surface area contributed by atoms with Crippen LogP contribution in [0, 0.1) is 23.7 Å². The number of imide groups is 1. The Labute approximate surface area is 194 Å². The minimum absolute atomic E-state index is 0.0963. The maximum atomic E-state index is 13.2. The van der Waals surface area contributed by atoms with E-state index in [0.29, 0.717) is 5.69 Å². The molecule has 4 atom stereocenters. The van der Waals surface area contributed by atoms with Crippen molar-refractivity contribution in [2.75, 3.05) is 10.2 Å². The number of carbonyl (C=O) groups excluding carboxylic acids is 3. The Morgan fingerprint density at radius 3 is 2.24 bits per heavy atom. The van der Waals surface area contributed by atoms with Crippen LogP contribution in [-0.4, -0.2) is 22.8 Å². The maximum Gasteiger partial charge on any atom is 0.259 e. The molecule has 3 aliphatic rings. The third kappa shape index (κ3) is 2.98. The van der Waals surface area contributed by atoms with Gasteiger partial charge in [-0.05, 0) is 59.4 Å². The van der Waals surface area contributed by atoms with Gasteiger partial charge in [0.25, 0.3) is 5.91 Å². The second kappa shape index (κ2) is 7.18. The summed E-state index contributed by atoms with van der Waals surface area (Å²) in [7, 11) is 0. The number of fused-ring (bicyclic) bond motifs is 6. The fourth-order valence-corrected chi connectivity index (χ4v) is 5.71. The van der Waals surface area contributed by atoms with E-state index < -0.39 is 5.91 Å². The van der Waals surface area contributed by atoms with E-state index in [9.17, 15) is 19.5 Å². The predicted molar refractivity (Wildman–Crippen MR) is 125 cm³/mol. The number of benzene rings is 3. The highest BCUT2D eigenvalue weighted by molar-refractivity contribution is 6.36. The molecule has 7 heteroatoms. The van der Waals surface area contributed by atoms with Crippen molar-refractivity contribution in [2.45, 2.75) is 6.42 Å². The fourth-order valence-electron chi connectivity index (χ4n) is 5.51. The summed E-state index contributed by atoms with van der Waals surface area (Å²) in [6.07, 6.45) is 4.92. The Bertz CT molecular complexity index is 1370. The van der Waals surface area contributed by atoms with Gasteiger partial charge < -0.3 is 10.4 Å². The second-order valence-electron chi connectivity index (χ2n) is 8.85. The van der Waals surface area contributed by atoms with Crippen molar-refractivity contribution in [1.29, 1.82) is 0 Å². The molecule has 33 heavy (non-hydrogen) atoms. The second-order valence-corrected chi connectivity index (χ2v) is 9.26. The number of phenols is 1. The highest BCUT2D eigenvalue weighted by atomic mass is 35.5. The maximum absolute atomic E-state index is 13.2. The molecule has 0 radical (unpaired) electrons. The highest BCUT2D eigenvalue weighted by Gasteiger charge is 2.59. The average Bonchev–Trinajstić information content (AvgIpc) is 3.48. The van der Waals surface area contributed by atoms with Crippen LogP contribution < -0.4 is 10.2 Å². The SMILES string of the molecule is O=C(Nc1ccc(Cl)c(N2C(=O)[C@@H]3[C@H](C2=O)[C@@H]2C=C[C@H]3C2)c1)c1cc2ccccc2cc1O. The molecule has 0 aromatic heterocycles. The number of aromatic hydroxyl groups is 1. The molecule has 164 valence electrons. The van der Waals surface area contributed by atoms with Crippen LogP contribution >= 0.6 is 11.6 Å². The van der Waals surface area contributed by atoms with Crippen molar-refractivity contribution in [1.82, 2.24) is 0 Å². The summed E-state index contributed by atoms with van der Waals surface area (Å²) in [5, 5.41) is 15.0. The molecule has 2 aliphatic carbocycles. The van der Waals surface area contributed by atoms with Crippen molar-refractivity contribution >= 4 is 51.5 Å². The number of nitrogens with zero attached hydrogens (tertiary/aromatic N) is 1. The lowest BCUT2D eigenvalue weighted by Crippen LogP contribution is -2.33. The number of nitrogens with one attached hydrogen (secondary N) is 1. The quantitative estimate of drug-likeness (QED) is 0.437. The monoisotopic (exact) mass is 458 g/mol. The molecule has 6 nitrogen and oxygen atoms in total. The number of rotatable bonds is 3. The minimum atomic E-state index is -0.510. The molecular weight excluding hydrogens is 440 g/mol. The van der Waals surface area contributed by atoms with Crippen molar-refractivity contribution < 1.29 is 19.5 Å². The third-order valence-corrected chi connectivity index (χ3v) is 7.34. The van der Waals surface area contributed by atoms with Gasteiger partial charge in [0.2, 0.25) is 11.8 Å². The number of hydrogen-bond donors (Lipinski definition) is 2. The van der Waals surface area contributed by atoms with E-state index in [1.165, 1.54) is 11.0 Å². The largest absolute Gasteiger partial charge is 0.507 e. The summed E-state index contributed by atoms with van der Waals surface area (Å²) >= 11 is 6.38. The van der Waals surface area contributed by atoms with Gasteiger partial charge in [-0.2, -0.15) is 0 Å². The first-order chi connectivity index (χ1) is 15.9. The summed E-state index contributed by atoms with van der Waals surface area (Å²) in [6.45, 7) is 0. The van der Waals surface area contributed by atoms with Gasteiger partial charge in [-0.1, -0.05) is 48.0 Å². The minimum Gasteiger partial charge on any atom is -0.507 e. The van der Waals surface area contributed by atoms with Gasteiger partial charge in [0.1, 0.15) is 5.75 Å². The number of anilines is 2. The topological polar surface area (TPSA) is 86.7 Å². The lowest BCUT2D eigenvalue weighted by Gasteiger charge is -2.19. The average molecular weight is 459 g/mol. The van der Waals surface area contributed by atoms with Crippen LogP contribution in [-0.2, 0) is 9.59 Å². The molecule has 0 spiro atoms. The van der Waals surface area contributed by atoms with E-state index in [0.717, 1.165) is 17.2 Å². The number of halogens is 1. The Balaban J connectivity index is 1.31. The first-order valence-corrected chi connectivity index (χ1v) is 11.2. The lowest BCUT2D eigenvalue weighted by molar-refractivity contribution is -0.123. The van der Waals surface area contributed by atoms with Crippen LogP contribution in [0.4, 0.5) is 11.4 Å². The number of phenolic OH excluding ortho intramolecular Hbond substituents is 1. The van der Waals surface area contributed by atoms with Crippen molar-refractivity contribution in [2.24, 2.45) is 23.7 Å². The number of hydrogen-bond acceptors (Lipinski definition) is 4. The van der Waals surface area contributed by atoms with Crippen LogP contribution in [0.15, 0.2) is 66.7 Å². The van der Waals surface area contributed by atoms with E-state index in [-0.39, 0.29) is 57.5 Å². The van der Waals surface area contributed by atoms with Crippen molar-refractivity contribution in [3.8, 4) is 5.75 Å². The first kappa shape index (κ1) is 20.0. The van der Waals surface area contributed by atoms with E-state index >= 15 is 0 Å². The number of allylic oxidation sites excluding steroid dienone is 2. The van der Waals surface area contributed by atoms with E-state index in [2.05, 4.69) is 5.32 Å². The standard InChI is InChI=1S/C26H19ClN2O4/c27-19-8-7-17(28-24(31)18-10-13-3-1-2-4-14(13)11-21(18)30)12-20(19)29-25(32)22-15-5-6-16(9-15)23(22)26(29)33/h1-8,10-12,15-16,22-23,30H,9H2,(H,28,31)/t15-,16+,22-,23+. The zero-order valence-electron chi connectivity index (χ0n) is 17.4. The molecule has 1 aliphatic heterocycles. The van der Waals surface area contributed by atoms with Gasteiger partial charge in [-0.15, -0.1) is 0 Å². The van der Waals surface area contributed by atoms with Gasteiger partial charge in [-0.3, -0.25) is 14.4 Å². The normalized spacial score (nSPS) is 25.2. The molecular formula is C26H19ClN2O4. The summed E-state index contributed by atoms with van der Waals surface area (Å²) in [5.41, 5.74) is 0.752. The molecule has 0 unspecified atom stereocenters. The summed E-state index contributed by atoms with van der Waals surface area (Å²) in [4.78, 5) is 40.4. The molecule has 2 N–H and O–H groups in total. The lowest BCUT2D eigenvalue weighted by atomic mass is 9.85. The Hall–Kier alpha value is -3.64. The molecule has 3 aromatic carbocycles. The predicted octanol–water partition coefficient (Wildman–Crippen LogP) is 4.76. The Morgan fingerprint density at radius 2 is 1.58 bits per heavy atom. The Kier molecular flexibility index (Phi) is 4.35. The molecule has 3 amide bonds. The summed E-state index contributed by atoms with van der Waals surface area (Å²) in [6, 6.07) is 15.3. The van der Waals surface area contributed by atoms with E-state index in [1.54, 1.807) is 24.3 Å². The van der Waals surface area contributed by atoms with Crippen LogP contribution in [0.25, 0.3) is 10.8 Å². The molecule has 2 fully saturated rings. The van der Waals surface area contributed by atoms with Crippen LogP contribution in [0.5, 0.6) is 5.75 Å². The summed E-state index contributed by atoms with van der Waals surface area (Å²) < 4.78 is 0. The molecule has 2 bridgehead atoms. The highest BCUT2D eigenvalue weighted by Crippen LogP contribution is 2.53. The van der Waals surface area contributed by atoms with Crippen molar-refractivity contribution in [3.63, 3.8) is 0 Å². The van der Waals surface area contributed by atoms with Crippen LogP contribution in [0.2, 0.25) is 5.02 Å². The van der Waals surface area contributed by atoms with E-state index in [4.69, 9.17) is 11.6 Å². The zero-order valence-corrected chi connectivity index (χ0v) is 18.1. The smallest absolute Gasteiger partial charge is 0.259 e. The molecule has 1 saturated heterocycles. The van der Waals surface area contributed by atoms with Gasteiger partial charge in [0.05, 0.1) is 28.1 Å². The number of amides is 3. The van der Waals surface area contributed by atoms with Crippen LogP contribution in [0.3, 0.4) is 0 Å². The van der Waals surface area contributed by atoms with Crippen LogP contribution in [0.1, 0.15) is 16.8 Å². The summed E-state index contributed by atoms with van der Waals surface area (Å²) in [5.74, 6) is -1.60. The third-order valence-electron chi connectivity index (χ3n) is 7.02. The van der Waals surface area contributed by atoms with Crippen molar-refractivity contribution in [3.05, 3.63) is 77.3 Å². The molecule has 1 saturated carbocycles. The molecule has 6 rings (SSSR count). The first-order valence-electron chi connectivity index (χ1n) is 10.8. The molecule has 1 heterocycles. The number of carbonyl (C=O) groups is 3.